The summed E-state index contributed by atoms with van der Waals surface area (Å²) in [6.07, 6.45) is 0.360. The van der Waals surface area contributed by atoms with Crippen LogP contribution in [0.4, 0.5) is 0 Å². The largest absolute Gasteiger partial charge is 0.373 e. The lowest BCUT2D eigenvalue weighted by Crippen LogP contribution is -2.57. The van der Waals surface area contributed by atoms with E-state index < -0.39 is 18.3 Å². The van der Waals surface area contributed by atoms with E-state index in [9.17, 15) is 8.42 Å². The first-order chi connectivity index (χ1) is 10.2. The summed E-state index contributed by atoms with van der Waals surface area (Å²) in [6, 6.07) is 10.2. The van der Waals surface area contributed by atoms with Gasteiger partial charge in [-0.3, -0.25) is 0 Å². The molecule has 0 spiro atoms. The lowest BCUT2D eigenvalue weighted by Gasteiger charge is -2.35. The van der Waals surface area contributed by atoms with Crippen molar-refractivity contribution in [3.63, 3.8) is 0 Å². The van der Waals surface area contributed by atoms with Crippen LogP contribution in [-0.2, 0) is 14.9 Å². The standard InChI is InChI=1S/C15H26N2O3SSi/c1-13-10-17(11-14(2)20-13)21(18,19)16-12-22(3,4)15-8-6-5-7-9-15/h5-9,13-14,16H,10-12H2,1-4H3/t13-,14+. The van der Waals surface area contributed by atoms with Crippen LogP contribution in [0.25, 0.3) is 0 Å². The van der Waals surface area contributed by atoms with Gasteiger partial charge in [0.05, 0.1) is 20.3 Å². The quantitative estimate of drug-likeness (QED) is 0.815. The Morgan fingerprint density at radius 3 is 2.27 bits per heavy atom. The highest BCUT2D eigenvalue weighted by Crippen LogP contribution is 2.14. The lowest BCUT2D eigenvalue weighted by atomic mass is 10.3. The molecule has 5 nitrogen and oxygen atoms in total. The number of nitrogens with zero attached hydrogens (tertiary/aromatic N) is 1. The van der Waals surface area contributed by atoms with Crippen molar-refractivity contribution in [2.75, 3.05) is 19.3 Å². The Morgan fingerprint density at radius 2 is 1.73 bits per heavy atom. The number of hydrogen-bond acceptors (Lipinski definition) is 3. The molecule has 2 atom stereocenters. The van der Waals surface area contributed by atoms with Crippen LogP contribution in [0.2, 0.25) is 13.1 Å². The maximum atomic E-state index is 12.5. The molecule has 0 aliphatic carbocycles. The van der Waals surface area contributed by atoms with Crippen molar-refractivity contribution < 1.29 is 13.2 Å². The molecule has 7 heteroatoms. The van der Waals surface area contributed by atoms with Gasteiger partial charge in [0.15, 0.2) is 0 Å². The van der Waals surface area contributed by atoms with Gasteiger partial charge in [-0.15, -0.1) is 0 Å². The van der Waals surface area contributed by atoms with E-state index in [1.807, 2.05) is 32.0 Å². The summed E-state index contributed by atoms with van der Waals surface area (Å²) in [5, 5.41) is 1.25. The smallest absolute Gasteiger partial charge is 0.279 e. The Hall–Kier alpha value is -0.733. The second-order valence-electron chi connectivity index (χ2n) is 6.65. The van der Waals surface area contributed by atoms with Crippen LogP contribution in [0, 0.1) is 0 Å². The van der Waals surface area contributed by atoms with E-state index in [2.05, 4.69) is 29.9 Å². The van der Waals surface area contributed by atoms with Crippen LogP contribution in [-0.4, -0.2) is 52.3 Å². The molecule has 1 aliphatic rings. The summed E-state index contributed by atoms with van der Waals surface area (Å²) in [5.41, 5.74) is 0. The van der Waals surface area contributed by atoms with Gasteiger partial charge in [-0.1, -0.05) is 48.6 Å². The summed E-state index contributed by atoms with van der Waals surface area (Å²) < 4.78 is 35.0. The average Bonchev–Trinajstić information content (AvgIpc) is 2.45. The van der Waals surface area contributed by atoms with Gasteiger partial charge in [0, 0.05) is 19.3 Å². The van der Waals surface area contributed by atoms with Crippen molar-refractivity contribution in [3.8, 4) is 0 Å². The predicted octanol–water partition coefficient (Wildman–Crippen LogP) is 1.08. The SMILES string of the molecule is C[C@@H]1CN(S(=O)(=O)NC[Si](C)(C)c2ccccc2)C[C@H](C)O1. The Balaban J connectivity index is 2.03. The molecule has 22 heavy (non-hydrogen) atoms. The summed E-state index contributed by atoms with van der Waals surface area (Å²) in [5.74, 6) is 0. The number of rotatable bonds is 5. The third kappa shape index (κ3) is 4.39. The minimum atomic E-state index is -3.45. The van der Waals surface area contributed by atoms with Gasteiger partial charge in [-0.25, -0.2) is 4.72 Å². The van der Waals surface area contributed by atoms with Gasteiger partial charge in [0.2, 0.25) is 0 Å². The molecule has 1 heterocycles. The average molecular weight is 343 g/mol. The third-order valence-corrected chi connectivity index (χ3v) is 8.68. The molecule has 1 aliphatic heterocycles. The van der Waals surface area contributed by atoms with Crippen molar-refractivity contribution in [1.82, 2.24) is 9.03 Å². The van der Waals surface area contributed by atoms with Crippen molar-refractivity contribution in [1.29, 1.82) is 0 Å². The molecule has 0 amide bonds. The second kappa shape index (κ2) is 6.80. The Labute approximate surface area is 134 Å². The molecule has 1 aromatic rings. The summed E-state index contributed by atoms with van der Waals surface area (Å²) >= 11 is 0. The molecule has 1 aromatic carbocycles. The van der Waals surface area contributed by atoms with E-state index >= 15 is 0 Å². The normalized spacial score (nSPS) is 24.4. The van der Waals surface area contributed by atoms with Gasteiger partial charge >= 0.3 is 0 Å². The molecule has 0 aromatic heterocycles. The molecule has 0 radical (unpaired) electrons. The Bertz CT molecular complexity index is 582. The molecule has 1 N–H and O–H groups in total. The number of benzene rings is 1. The fourth-order valence-corrected chi connectivity index (χ4v) is 7.15. The zero-order valence-electron chi connectivity index (χ0n) is 13.7. The first kappa shape index (κ1) is 17.6. The number of ether oxygens (including phenoxy) is 1. The van der Waals surface area contributed by atoms with E-state index in [4.69, 9.17) is 4.74 Å². The van der Waals surface area contributed by atoms with Gasteiger partial charge in [0.1, 0.15) is 0 Å². The van der Waals surface area contributed by atoms with Crippen LogP contribution >= 0.6 is 0 Å². The Morgan fingerprint density at radius 1 is 1.18 bits per heavy atom. The topological polar surface area (TPSA) is 58.6 Å². The van der Waals surface area contributed by atoms with Crippen LogP contribution in [0.3, 0.4) is 0 Å². The molecular formula is C15H26N2O3SSi. The van der Waals surface area contributed by atoms with Crippen LogP contribution in [0.1, 0.15) is 13.8 Å². The number of nitrogens with one attached hydrogen (secondary N) is 1. The van der Waals surface area contributed by atoms with Crippen LogP contribution in [0.5, 0.6) is 0 Å². The first-order valence-corrected chi connectivity index (χ1v) is 12.3. The molecule has 0 unspecified atom stereocenters. The molecule has 1 saturated heterocycles. The summed E-state index contributed by atoms with van der Waals surface area (Å²) in [4.78, 5) is 0. The van der Waals surface area contributed by atoms with E-state index in [0.717, 1.165) is 0 Å². The fourth-order valence-electron chi connectivity index (χ4n) is 2.68. The fraction of sp³-hybridized carbons (Fsp3) is 0.600. The van der Waals surface area contributed by atoms with Crippen molar-refractivity contribution >= 4 is 23.5 Å². The highest BCUT2D eigenvalue weighted by Gasteiger charge is 2.33. The van der Waals surface area contributed by atoms with E-state index in [1.54, 1.807) is 0 Å². The van der Waals surface area contributed by atoms with Crippen molar-refractivity contribution in [2.45, 2.75) is 39.1 Å². The van der Waals surface area contributed by atoms with Gasteiger partial charge in [-0.2, -0.15) is 12.7 Å². The molecule has 2 rings (SSSR count). The monoisotopic (exact) mass is 342 g/mol. The Kier molecular flexibility index (Phi) is 5.44. The minimum Gasteiger partial charge on any atom is -0.373 e. The highest BCUT2D eigenvalue weighted by atomic mass is 32.2. The minimum absolute atomic E-state index is 0.0697. The van der Waals surface area contributed by atoms with Gasteiger partial charge in [-0.05, 0) is 13.8 Å². The van der Waals surface area contributed by atoms with Gasteiger partial charge < -0.3 is 4.74 Å². The zero-order valence-corrected chi connectivity index (χ0v) is 15.6. The maximum Gasteiger partial charge on any atom is 0.279 e. The zero-order chi connectivity index (χ0) is 16.4. The maximum absolute atomic E-state index is 12.5. The predicted molar refractivity (Wildman–Crippen MR) is 92.1 cm³/mol. The van der Waals surface area contributed by atoms with Crippen LogP contribution in [0.15, 0.2) is 30.3 Å². The van der Waals surface area contributed by atoms with Crippen molar-refractivity contribution in [3.05, 3.63) is 30.3 Å². The van der Waals surface area contributed by atoms with Gasteiger partial charge in [0.25, 0.3) is 10.2 Å². The molecular weight excluding hydrogens is 316 g/mol. The molecule has 0 saturated carbocycles. The van der Waals surface area contributed by atoms with Crippen LogP contribution < -0.4 is 9.91 Å². The number of morpholine rings is 1. The number of hydrogen-bond donors (Lipinski definition) is 1. The lowest BCUT2D eigenvalue weighted by molar-refractivity contribution is -0.0443. The summed E-state index contributed by atoms with van der Waals surface area (Å²) in [6.45, 7) is 8.98. The third-order valence-electron chi connectivity index (χ3n) is 3.98. The highest BCUT2D eigenvalue weighted by molar-refractivity contribution is 7.87. The first-order valence-electron chi connectivity index (χ1n) is 7.66. The van der Waals surface area contributed by atoms with E-state index in [0.29, 0.717) is 19.3 Å². The molecule has 1 fully saturated rings. The molecule has 0 bridgehead atoms. The molecule has 124 valence electrons. The van der Waals surface area contributed by atoms with E-state index in [1.165, 1.54) is 9.49 Å². The van der Waals surface area contributed by atoms with Crippen molar-refractivity contribution in [2.24, 2.45) is 0 Å². The second-order valence-corrected chi connectivity index (χ2v) is 13.1. The summed E-state index contributed by atoms with van der Waals surface area (Å²) in [7, 11) is -5.29. The van der Waals surface area contributed by atoms with E-state index in [-0.39, 0.29) is 12.2 Å².